The Balaban J connectivity index is 1.97. The summed E-state index contributed by atoms with van der Waals surface area (Å²) in [6, 6.07) is 18.7. The van der Waals surface area contributed by atoms with Crippen LogP contribution in [-0.4, -0.2) is 38.0 Å². The SMILES string of the molecule is CCN(C(=O)CCS(=O)(=O)N(C)Cc1ccccc1)c1ccccc1. The summed E-state index contributed by atoms with van der Waals surface area (Å²) in [5.74, 6) is -0.385. The summed E-state index contributed by atoms with van der Waals surface area (Å²) in [6.45, 7) is 2.68. The molecule has 0 heterocycles. The monoisotopic (exact) mass is 360 g/mol. The second-order valence-electron chi connectivity index (χ2n) is 5.78. The highest BCUT2D eigenvalue weighted by Crippen LogP contribution is 2.15. The summed E-state index contributed by atoms with van der Waals surface area (Å²) in [4.78, 5) is 14.0. The molecule has 0 N–H and O–H groups in total. The topological polar surface area (TPSA) is 57.7 Å². The number of hydrogen-bond acceptors (Lipinski definition) is 3. The minimum absolute atomic E-state index is 0.0375. The highest BCUT2D eigenvalue weighted by Gasteiger charge is 2.22. The zero-order chi connectivity index (χ0) is 18.3. The summed E-state index contributed by atoms with van der Waals surface area (Å²) >= 11 is 0. The van der Waals surface area contributed by atoms with Crippen molar-refractivity contribution in [3.05, 3.63) is 66.2 Å². The molecule has 0 bridgehead atoms. The van der Waals surface area contributed by atoms with Crippen molar-refractivity contribution >= 4 is 21.6 Å². The Morgan fingerprint density at radius 3 is 2.08 bits per heavy atom. The Hall–Kier alpha value is -2.18. The van der Waals surface area contributed by atoms with Crippen LogP contribution in [0.15, 0.2) is 60.7 Å². The Morgan fingerprint density at radius 2 is 1.52 bits per heavy atom. The van der Waals surface area contributed by atoms with Crippen LogP contribution in [0.1, 0.15) is 18.9 Å². The molecule has 2 aromatic rings. The molecule has 0 aromatic heterocycles. The lowest BCUT2D eigenvalue weighted by Gasteiger charge is -2.22. The molecule has 6 heteroatoms. The molecule has 5 nitrogen and oxygen atoms in total. The first kappa shape index (κ1) is 19.1. The van der Waals surface area contributed by atoms with E-state index in [-0.39, 0.29) is 18.1 Å². The van der Waals surface area contributed by atoms with E-state index in [0.29, 0.717) is 13.1 Å². The van der Waals surface area contributed by atoms with Crippen LogP contribution in [0, 0.1) is 0 Å². The van der Waals surface area contributed by atoms with Crippen molar-refractivity contribution in [2.45, 2.75) is 19.9 Å². The number of rotatable bonds is 8. The normalized spacial score (nSPS) is 11.5. The van der Waals surface area contributed by atoms with Crippen LogP contribution >= 0.6 is 0 Å². The first-order valence-corrected chi connectivity index (χ1v) is 9.88. The van der Waals surface area contributed by atoms with Crippen LogP contribution in [0.3, 0.4) is 0 Å². The van der Waals surface area contributed by atoms with Crippen molar-refractivity contribution in [2.75, 3.05) is 24.2 Å². The molecule has 0 saturated heterocycles. The van der Waals surface area contributed by atoms with Gasteiger partial charge in [0.25, 0.3) is 0 Å². The van der Waals surface area contributed by atoms with Gasteiger partial charge < -0.3 is 4.90 Å². The number of nitrogens with zero attached hydrogens (tertiary/aromatic N) is 2. The molecule has 0 radical (unpaired) electrons. The number of benzene rings is 2. The van der Waals surface area contributed by atoms with Gasteiger partial charge in [-0.05, 0) is 24.6 Å². The van der Waals surface area contributed by atoms with Gasteiger partial charge in [-0.25, -0.2) is 12.7 Å². The van der Waals surface area contributed by atoms with Crippen molar-refractivity contribution in [1.82, 2.24) is 4.31 Å². The van der Waals surface area contributed by atoms with Gasteiger partial charge in [-0.2, -0.15) is 0 Å². The number of para-hydroxylation sites is 1. The molecule has 0 atom stereocenters. The van der Waals surface area contributed by atoms with Crippen molar-refractivity contribution < 1.29 is 13.2 Å². The molecule has 134 valence electrons. The maximum Gasteiger partial charge on any atom is 0.228 e. The summed E-state index contributed by atoms with van der Waals surface area (Å²) < 4.78 is 26.2. The zero-order valence-corrected chi connectivity index (χ0v) is 15.4. The van der Waals surface area contributed by atoms with Gasteiger partial charge in [-0.3, -0.25) is 4.79 Å². The van der Waals surface area contributed by atoms with E-state index in [0.717, 1.165) is 11.3 Å². The van der Waals surface area contributed by atoms with Crippen LogP contribution in [0.5, 0.6) is 0 Å². The van der Waals surface area contributed by atoms with E-state index in [1.165, 1.54) is 4.31 Å². The van der Waals surface area contributed by atoms with Crippen LogP contribution in [0.2, 0.25) is 0 Å². The number of carbonyl (C=O) groups excluding carboxylic acids is 1. The second kappa shape index (κ2) is 8.78. The first-order valence-electron chi connectivity index (χ1n) is 8.27. The van der Waals surface area contributed by atoms with Gasteiger partial charge in [0.15, 0.2) is 0 Å². The van der Waals surface area contributed by atoms with Gasteiger partial charge in [0.1, 0.15) is 0 Å². The number of anilines is 1. The predicted molar refractivity (Wildman–Crippen MR) is 101 cm³/mol. The fourth-order valence-corrected chi connectivity index (χ4v) is 3.65. The van der Waals surface area contributed by atoms with Gasteiger partial charge >= 0.3 is 0 Å². The summed E-state index contributed by atoms with van der Waals surface area (Å²) in [5, 5.41) is 0. The van der Waals surface area contributed by atoms with E-state index in [4.69, 9.17) is 0 Å². The van der Waals surface area contributed by atoms with E-state index in [1.54, 1.807) is 11.9 Å². The second-order valence-corrected chi connectivity index (χ2v) is 7.98. The van der Waals surface area contributed by atoms with Crippen LogP contribution in [0.25, 0.3) is 0 Å². The molecule has 1 amide bonds. The molecule has 0 saturated carbocycles. The van der Waals surface area contributed by atoms with Gasteiger partial charge in [-0.15, -0.1) is 0 Å². The lowest BCUT2D eigenvalue weighted by molar-refractivity contribution is -0.118. The average Bonchev–Trinajstić information content (AvgIpc) is 2.62. The molecule has 0 aliphatic heterocycles. The summed E-state index contributed by atoms with van der Waals surface area (Å²) in [7, 11) is -1.95. The Bertz CT molecular complexity index is 777. The zero-order valence-electron chi connectivity index (χ0n) is 14.6. The molecule has 0 fully saturated rings. The van der Waals surface area contributed by atoms with E-state index < -0.39 is 10.0 Å². The number of sulfonamides is 1. The van der Waals surface area contributed by atoms with Crippen LogP contribution in [0.4, 0.5) is 5.69 Å². The minimum Gasteiger partial charge on any atom is -0.313 e. The fraction of sp³-hybridized carbons (Fsp3) is 0.316. The van der Waals surface area contributed by atoms with Crippen LogP contribution < -0.4 is 4.90 Å². The van der Waals surface area contributed by atoms with Crippen LogP contribution in [-0.2, 0) is 21.4 Å². The number of hydrogen-bond donors (Lipinski definition) is 0. The molecule has 25 heavy (non-hydrogen) atoms. The molecule has 0 aliphatic carbocycles. The number of amides is 1. The third-order valence-corrected chi connectivity index (χ3v) is 5.78. The standard InChI is InChI=1S/C19H24N2O3S/c1-3-21(18-12-8-5-9-13-18)19(22)14-15-25(23,24)20(2)16-17-10-6-4-7-11-17/h4-13H,3,14-16H2,1-2H3. The fourth-order valence-electron chi connectivity index (χ4n) is 2.56. The largest absolute Gasteiger partial charge is 0.313 e. The Labute approximate surface area is 149 Å². The van der Waals surface area contributed by atoms with E-state index >= 15 is 0 Å². The quantitative estimate of drug-likeness (QED) is 0.727. The maximum absolute atomic E-state index is 12.4. The van der Waals surface area contributed by atoms with E-state index in [1.807, 2.05) is 67.6 Å². The predicted octanol–water partition coefficient (Wildman–Crippen LogP) is 2.89. The van der Waals surface area contributed by atoms with Gasteiger partial charge in [-0.1, -0.05) is 48.5 Å². The van der Waals surface area contributed by atoms with Gasteiger partial charge in [0.05, 0.1) is 5.75 Å². The summed E-state index contributed by atoms with van der Waals surface area (Å²) in [6.07, 6.45) is -0.0375. The molecule has 2 aromatic carbocycles. The summed E-state index contributed by atoms with van der Waals surface area (Å²) in [5.41, 5.74) is 1.70. The van der Waals surface area contributed by atoms with Crippen molar-refractivity contribution in [1.29, 1.82) is 0 Å². The van der Waals surface area contributed by atoms with Gasteiger partial charge in [0, 0.05) is 32.2 Å². The van der Waals surface area contributed by atoms with Gasteiger partial charge in [0.2, 0.25) is 15.9 Å². The van der Waals surface area contributed by atoms with E-state index in [9.17, 15) is 13.2 Å². The molecule has 0 aliphatic rings. The lowest BCUT2D eigenvalue weighted by Crippen LogP contribution is -2.35. The molecular weight excluding hydrogens is 336 g/mol. The molecule has 0 unspecified atom stereocenters. The minimum atomic E-state index is -3.49. The van der Waals surface area contributed by atoms with Crippen molar-refractivity contribution in [3.8, 4) is 0 Å². The third kappa shape index (κ3) is 5.41. The molecule has 2 rings (SSSR count). The first-order chi connectivity index (χ1) is 11.9. The van der Waals surface area contributed by atoms with Crippen molar-refractivity contribution in [3.63, 3.8) is 0 Å². The Morgan fingerprint density at radius 1 is 0.960 bits per heavy atom. The molecular formula is C19H24N2O3S. The number of carbonyl (C=O) groups is 1. The molecule has 0 spiro atoms. The maximum atomic E-state index is 12.4. The smallest absolute Gasteiger partial charge is 0.228 e. The lowest BCUT2D eigenvalue weighted by atomic mass is 10.2. The highest BCUT2D eigenvalue weighted by atomic mass is 32.2. The highest BCUT2D eigenvalue weighted by molar-refractivity contribution is 7.89. The van der Waals surface area contributed by atoms with E-state index in [2.05, 4.69) is 0 Å². The third-order valence-electron chi connectivity index (χ3n) is 3.98. The average molecular weight is 360 g/mol. The Kier molecular flexibility index (Phi) is 6.73. The van der Waals surface area contributed by atoms with Crippen molar-refractivity contribution in [2.24, 2.45) is 0 Å².